The number of nitrogens with one attached hydrogen (secondary N) is 1. The summed E-state index contributed by atoms with van der Waals surface area (Å²) in [5.41, 5.74) is 0.422. The lowest BCUT2D eigenvalue weighted by atomic mass is 10.2. The molecule has 1 aliphatic rings. The molecule has 2 aromatic heterocycles. The number of carbonyl (C=O) groups is 1. The number of fused-ring (bicyclic) bond motifs is 1. The van der Waals surface area contributed by atoms with Crippen molar-refractivity contribution in [3.63, 3.8) is 0 Å². The molecule has 1 unspecified atom stereocenters. The Hall–Kier alpha value is -1.95. The van der Waals surface area contributed by atoms with Crippen molar-refractivity contribution in [1.29, 1.82) is 0 Å². The Labute approximate surface area is 101 Å². The van der Waals surface area contributed by atoms with E-state index < -0.39 is 5.97 Å². The number of thiophene rings is 1. The summed E-state index contributed by atoms with van der Waals surface area (Å²) < 4.78 is 10.7. The molecule has 1 aliphatic heterocycles. The molecule has 1 atom stereocenters. The largest absolute Gasteiger partial charge is 0.477 e. The molecule has 2 N–H and O–H groups in total. The lowest BCUT2D eigenvalue weighted by Crippen LogP contribution is -2.23. The van der Waals surface area contributed by atoms with Crippen LogP contribution in [0.2, 0.25) is 0 Å². The zero-order valence-corrected chi connectivity index (χ0v) is 9.49. The van der Waals surface area contributed by atoms with Gasteiger partial charge in [0.05, 0.1) is 6.54 Å². The fourth-order valence-corrected chi connectivity index (χ4v) is 2.53. The van der Waals surface area contributed by atoms with Crippen molar-refractivity contribution < 1.29 is 19.1 Å². The van der Waals surface area contributed by atoms with Gasteiger partial charge < -0.3 is 19.6 Å². The first kappa shape index (κ1) is 10.2. The summed E-state index contributed by atoms with van der Waals surface area (Å²) in [7, 11) is 0. The van der Waals surface area contributed by atoms with Gasteiger partial charge in [-0.05, 0) is 11.4 Å². The van der Waals surface area contributed by atoms with Gasteiger partial charge in [0.25, 0.3) is 0 Å². The maximum atomic E-state index is 10.9. The van der Waals surface area contributed by atoms with E-state index >= 15 is 0 Å². The third-order valence-electron chi connectivity index (χ3n) is 2.55. The summed E-state index contributed by atoms with van der Waals surface area (Å²) >= 11 is 1.61. The molecule has 0 saturated heterocycles. The zero-order valence-electron chi connectivity index (χ0n) is 8.67. The summed E-state index contributed by atoms with van der Waals surface area (Å²) in [5.74, 6) is -0.756. The fourth-order valence-electron chi connectivity index (χ4n) is 1.78. The number of ether oxygens (including phenoxy) is 1. The number of furan rings is 1. The molecule has 5 nitrogen and oxygen atoms in total. The Kier molecular flexibility index (Phi) is 2.29. The molecule has 17 heavy (non-hydrogen) atoms. The van der Waals surface area contributed by atoms with E-state index in [9.17, 15) is 4.79 Å². The van der Waals surface area contributed by atoms with Crippen LogP contribution < -0.4 is 10.1 Å². The second-order valence-corrected chi connectivity index (χ2v) is 4.59. The van der Waals surface area contributed by atoms with Gasteiger partial charge in [0.2, 0.25) is 5.76 Å². The van der Waals surface area contributed by atoms with Crippen LogP contribution in [-0.4, -0.2) is 17.6 Å². The van der Waals surface area contributed by atoms with Crippen LogP contribution in [0.1, 0.15) is 21.5 Å². The van der Waals surface area contributed by atoms with E-state index in [1.807, 2.05) is 17.5 Å². The zero-order chi connectivity index (χ0) is 11.8. The third-order valence-corrected chi connectivity index (χ3v) is 3.51. The van der Waals surface area contributed by atoms with Crippen molar-refractivity contribution in [2.24, 2.45) is 0 Å². The second kappa shape index (κ2) is 3.81. The molecule has 0 aromatic carbocycles. The van der Waals surface area contributed by atoms with Crippen LogP contribution in [0.5, 0.6) is 5.75 Å². The van der Waals surface area contributed by atoms with E-state index in [1.165, 1.54) is 6.26 Å². The molecule has 0 aliphatic carbocycles. The minimum absolute atomic E-state index is 0.0956. The van der Waals surface area contributed by atoms with Crippen LogP contribution in [-0.2, 0) is 0 Å². The number of aromatic carboxylic acids is 1. The van der Waals surface area contributed by atoms with Crippen LogP contribution in [0.25, 0.3) is 0 Å². The average Bonchev–Trinajstić information content (AvgIpc) is 2.97. The van der Waals surface area contributed by atoms with Crippen LogP contribution in [0, 0.1) is 0 Å². The number of hydrogen-bond acceptors (Lipinski definition) is 5. The molecular weight excluding hydrogens is 242 g/mol. The van der Waals surface area contributed by atoms with Gasteiger partial charge in [-0.25, -0.2) is 4.79 Å². The van der Waals surface area contributed by atoms with Gasteiger partial charge in [0, 0.05) is 4.88 Å². The molecule has 0 radical (unpaired) electrons. The maximum Gasteiger partial charge on any atom is 0.374 e. The summed E-state index contributed by atoms with van der Waals surface area (Å²) in [6.45, 7) is 0.535. The molecule has 0 spiro atoms. The van der Waals surface area contributed by atoms with Crippen molar-refractivity contribution >= 4 is 23.0 Å². The van der Waals surface area contributed by atoms with E-state index in [0.29, 0.717) is 18.0 Å². The van der Waals surface area contributed by atoms with Crippen molar-refractivity contribution in [2.45, 2.75) is 6.10 Å². The Bertz CT molecular complexity index is 546. The smallest absolute Gasteiger partial charge is 0.374 e. The maximum absolute atomic E-state index is 10.9. The lowest BCUT2D eigenvalue weighted by molar-refractivity contribution is 0.0664. The Morgan fingerprint density at radius 1 is 1.59 bits per heavy atom. The van der Waals surface area contributed by atoms with Gasteiger partial charge in [-0.1, -0.05) is 6.07 Å². The van der Waals surface area contributed by atoms with Crippen LogP contribution in [0.15, 0.2) is 28.2 Å². The molecule has 0 saturated carbocycles. The summed E-state index contributed by atoms with van der Waals surface area (Å²) in [6, 6.07) is 3.94. The minimum Gasteiger partial charge on any atom is -0.477 e. The van der Waals surface area contributed by atoms with Crippen LogP contribution in [0.3, 0.4) is 0 Å². The monoisotopic (exact) mass is 251 g/mol. The normalized spacial score (nSPS) is 18.0. The second-order valence-electron chi connectivity index (χ2n) is 3.61. The molecule has 3 heterocycles. The highest BCUT2D eigenvalue weighted by Gasteiger charge is 2.28. The molecule has 3 rings (SSSR count). The summed E-state index contributed by atoms with van der Waals surface area (Å²) in [5, 5.41) is 13.9. The van der Waals surface area contributed by atoms with Crippen LogP contribution >= 0.6 is 11.3 Å². The van der Waals surface area contributed by atoms with Gasteiger partial charge >= 0.3 is 5.97 Å². The predicted octanol–water partition coefficient (Wildman–Crippen LogP) is 2.58. The highest BCUT2D eigenvalue weighted by atomic mass is 32.1. The first-order valence-electron chi connectivity index (χ1n) is 5.04. The predicted molar refractivity (Wildman–Crippen MR) is 61.8 cm³/mol. The number of rotatable bonds is 2. The number of anilines is 1. The number of carboxylic acids is 1. The molecule has 0 amide bonds. The van der Waals surface area contributed by atoms with Gasteiger partial charge in [0.1, 0.15) is 12.0 Å². The fraction of sp³-hybridized carbons (Fsp3) is 0.182. The van der Waals surface area contributed by atoms with E-state index in [1.54, 1.807) is 11.3 Å². The first-order chi connectivity index (χ1) is 8.25. The highest BCUT2D eigenvalue weighted by Crippen LogP contribution is 2.39. The summed E-state index contributed by atoms with van der Waals surface area (Å²) in [4.78, 5) is 12.0. The quantitative estimate of drug-likeness (QED) is 0.858. The van der Waals surface area contributed by atoms with Crippen molar-refractivity contribution in [3.8, 4) is 5.75 Å². The van der Waals surface area contributed by atoms with Crippen molar-refractivity contribution in [2.75, 3.05) is 11.9 Å². The molecule has 0 fully saturated rings. The number of hydrogen-bond donors (Lipinski definition) is 2. The first-order valence-corrected chi connectivity index (χ1v) is 5.92. The number of carboxylic acid groups (broad SMARTS) is 1. The van der Waals surface area contributed by atoms with Crippen LogP contribution in [0.4, 0.5) is 5.69 Å². The molecule has 2 aromatic rings. The highest BCUT2D eigenvalue weighted by molar-refractivity contribution is 7.10. The van der Waals surface area contributed by atoms with E-state index in [-0.39, 0.29) is 11.9 Å². The molecule has 0 bridgehead atoms. The van der Waals surface area contributed by atoms with E-state index in [0.717, 1.165) is 4.88 Å². The van der Waals surface area contributed by atoms with Gasteiger partial charge in [0.15, 0.2) is 11.9 Å². The minimum atomic E-state index is -1.10. The van der Waals surface area contributed by atoms with Gasteiger partial charge in [-0.3, -0.25) is 0 Å². The average molecular weight is 251 g/mol. The lowest BCUT2D eigenvalue weighted by Gasteiger charge is -2.23. The van der Waals surface area contributed by atoms with E-state index in [2.05, 4.69) is 5.32 Å². The third kappa shape index (κ3) is 1.66. The van der Waals surface area contributed by atoms with E-state index in [4.69, 9.17) is 14.3 Å². The Morgan fingerprint density at radius 3 is 3.18 bits per heavy atom. The summed E-state index contributed by atoms with van der Waals surface area (Å²) in [6.07, 6.45) is 1.23. The molecule has 6 heteroatoms. The van der Waals surface area contributed by atoms with Gasteiger partial charge in [-0.15, -0.1) is 11.3 Å². The molecular formula is C11H9NO4S. The van der Waals surface area contributed by atoms with Gasteiger partial charge in [-0.2, -0.15) is 0 Å². The SMILES string of the molecule is O=C(O)c1occ2c1NCC(c1cccs1)O2. The standard InChI is InChI=1S/C11H9NO4S/c13-11(14)10-9-7(5-15-10)16-6(4-12-9)8-2-1-3-17-8/h1-3,5-6,12H,4H2,(H,13,14). The Morgan fingerprint density at radius 2 is 2.47 bits per heavy atom. The topological polar surface area (TPSA) is 71.7 Å². The molecule has 88 valence electrons. The van der Waals surface area contributed by atoms with Crippen molar-refractivity contribution in [1.82, 2.24) is 0 Å². The van der Waals surface area contributed by atoms with Crippen molar-refractivity contribution in [3.05, 3.63) is 34.4 Å². The Balaban J connectivity index is 1.89.